The van der Waals surface area contributed by atoms with Crippen LogP contribution in [0.4, 0.5) is 13.2 Å². The third-order valence-electron chi connectivity index (χ3n) is 6.83. The van der Waals surface area contributed by atoms with E-state index in [1.165, 1.54) is 0 Å². The van der Waals surface area contributed by atoms with Gasteiger partial charge >= 0.3 is 6.18 Å². The van der Waals surface area contributed by atoms with Crippen molar-refractivity contribution in [3.05, 3.63) is 45.2 Å². The number of likely N-dealkylation sites (tertiary alicyclic amines) is 1. The topological polar surface area (TPSA) is 76.5 Å². The second-order valence-electron chi connectivity index (χ2n) is 10.6. The van der Waals surface area contributed by atoms with Crippen molar-refractivity contribution in [2.24, 2.45) is 0 Å². The van der Waals surface area contributed by atoms with Gasteiger partial charge in [0.1, 0.15) is 12.3 Å². The van der Waals surface area contributed by atoms with Crippen LogP contribution < -0.4 is 9.46 Å². The van der Waals surface area contributed by atoms with Gasteiger partial charge in [0.05, 0.1) is 39.1 Å². The number of hydrogen-bond donors (Lipinski definition) is 1. The van der Waals surface area contributed by atoms with Gasteiger partial charge in [-0.25, -0.2) is 13.6 Å². The molecule has 37 heavy (non-hydrogen) atoms. The van der Waals surface area contributed by atoms with Crippen LogP contribution in [0.3, 0.4) is 0 Å². The summed E-state index contributed by atoms with van der Waals surface area (Å²) in [6.07, 6.45) is -2.61. The minimum atomic E-state index is -4.67. The average Bonchev–Trinajstić information content (AvgIpc) is 3.47. The van der Waals surface area contributed by atoms with E-state index in [2.05, 4.69) is 25.8 Å². The van der Waals surface area contributed by atoms with Crippen molar-refractivity contribution in [3.8, 4) is 5.75 Å². The Kier molecular flexibility index (Phi) is 7.85. The molecule has 1 saturated carbocycles. The number of ether oxygens (including phenoxy) is 1. The first-order valence-corrected chi connectivity index (χ1v) is 14.1. The summed E-state index contributed by atoms with van der Waals surface area (Å²) in [5, 5.41) is 4.21. The van der Waals surface area contributed by atoms with Crippen LogP contribution in [0.2, 0.25) is 0 Å². The van der Waals surface area contributed by atoms with Crippen molar-refractivity contribution in [1.82, 2.24) is 19.4 Å². The molecule has 2 aromatic rings. The minimum absolute atomic E-state index is 0.0215. The molecule has 3 atom stereocenters. The average molecular weight is 606 g/mol. The number of nitrogens with one attached hydrogen (secondary N) is 1. The summed E-state index contributed by atoms with van der Waals surface area (Å²) in [6, 6.07) is 4.60. The molecular weight excluding hydrogens is 573 g/mol. The van der Waals surface area contributed by atoms with Crippen LogP contribution in [0.1, 0.15) is 74.5 Å². The summed E-state index contributed by atoms with van der Waals surface area (Å²) in [7, 11) is 0.149. The fourth-order valence-electron chi connectivity index (χ4n) is 4.75. The van der Waals surface area contributed by atoms with Gasteiger partial charge in [-0.2, -0.15) is 18.3 Å². The summed E-state index contributed by atoms with van der Waals surface area (Å²) in [4.78, 5) is 15.2. The molecule has 0 unspecified atom stereocenters. The Hall–Kier alpha value is -1.92. The molecule has 12 heteroatoms. The summed E-state index contributed by atoms with van der Waals surface area (Å²) in [6.45, 7) is 7.19. The molecule has 1 aromatic heterocycles. The lowest BCUT2D eigenvalue weighted by atomic mass is 9.95. The molecule has 1 aliphatic carbocycles. The van der Waals surface area contributed by atoms with E-state index in [-0.39, 0.29) is 16.4 Å². The molecule has 0 bridgehead atoms. The molecular formula is C25H32BrF3N4O3S. The zero-order valence-corrected chi connectivity index (χ0v) is 23.9. The fourth-order valence-corrected chi connectivity index (χ4v) is 6.46. The number of benzene rings is 1. The fraction of sp³-hybridized carbons (Fsp3) is 0.600. The predicted octanol–water partition coefficient (Wildman–Crippen LogP) is 5.25. The maximum absolute atomic E-state index is 14.0. The van der Waals surface area contributed by atoms with Crippen molar-refractivity contribution in [2.75, 3.05) is 13.7 Å². The van der Waals surface area contributed by atoms with Crippen LogP contribution in [0.15, 0.2) is 22.7 Å². The van der Waals surface area contributed by atoms with E-state index in [0.29, 0.717) is 24.4 Å². The molecule has 204 valence electrons. The first-order chi connectivity index (χ1) is 17.2. The Morgan fingerprint density at radius 2 is 1.92 bits per heavy atom. The van der Waals surface area contributed by atoms with E-state index in [0.717, 1.165) is 28.7 Å². The largest absolute Gasteiger partial charge is 0.496 e. The lowest BCUT2D eigenvalue weighted by Crippen LogP contribution is -2.44. The van der Waals surface area contributed by atoms with Crippen LogP contribution in [0.25, 0.3) is 0 Å². The van der Waals surface area contributed by atoms with E-state index in [1.54, 1.807) is 12.0 Å². The Morgan fingerprint density at radius 1 is 1.24 bits per heavy atom. The summed E-state index contributed by atoms with van der Waals surface area (Å²) >= 11 is 3.10. The molecule has 1 aromatic carbocycles. The van der Waals surface area contributed by atoms with Crippen LogP contribution in [-0.4, -0.2) is 49.2 Å². The highest BCUT2D eigenvalue weighted by Crippen LogP contribution is 2.47. The van der Waals surface area contributed by atoms with E-state index in [9.17, 15) is 22.2 Å². The number of alkyl halides is 3. The maximum Gasteiger partial charge on any atom is 0.434 e. The van der Waals surface area contributed by atoms with Gasteiger partial charge in [-0.3, -0.25) is 4.79 Å². The van der Waals surface area contributed by atoms with Crippen molar-refractivity contribution < 1.29 is 26.9 Å². The number of halogens is 4. The highest BCUT2D eigenvalue weighted by molar-refractivity contribution is 9.10. The van der Waals surface area contributed by atoms with Crippen molar-refractivity contribution in [3.63, 3.8) is 0 Å². The molecule has 2 fully saturated rings. The summed E-state index contributed by atoms with van der Waals surface area (Å²) in [5.74, 6) is 0.129. The lowest BCUT2D eigenvalue weighted by molar-refractivity contribution is -0.146. The molecule has 0 radical (unpaired) electrons. The van der Waals surface area contributed by atoms with Crippen molar-refractivity contribution in [2.45, 2.75) is 82.4 Å². The second-order valence-corrected chi connectivity index (χ2v) is 13.4. The second kappa shape index (κ2) is 10.3. The van der Waals surface area contributed by atoms with Crippen LogP contribution in [0.5, 0.6) is 5.75 Å². The Labute approximate surface area is 225 Å². The van der Waals surface area contributed by atoms with E-state index in [4.69, 9.17) is 4.74 Å². The van der Waals surface area contributed by atoms with Crippen LogP contribution in [-0.2, 0) is 28.5 Å². The Balaban J connectivity index is 1.69. The van der Waals surface area contributed by atoms with Gasteiger partial charge in [-0.15, -0.1) is 0 Å². The number of aromatic nitrogens is 2. The standard InChI is InChI=1S/C25H32BrF3N4O3S/c1-14-16(7-6-8-18(14)36-5)22-17(31-37(35)24(2,3)4)11-12-32(22)19(34)13-33-23(25(27,28)29)20(26)21(30-33)15-9-10-15/h6-8,15,17,22,31H,9-13H2,1-5H3/t17-,22-,37-/m1/s1. The third kappa shape index (κ3) is 5.75. The highest BCUT2D eigenvalue weighted by Gasteiger charge is 2.45. The zero-order valence-electron chi connectivity index (χ0n) is 21.5. The zero-order chi connectivity index (χ0) is 27.3. The summed E-state index contributed by atoms with van der Waals surface area (Å²) in [5.41, 5.74) is 1.02. The third-order valence-corrected chi connectivity index (χ3v) is 9.25. The van der Waals surface area contributed by atoms with E-state index >= 15 is 0 Å². The first kappa shape index (κ1) is 28.1. The molecule has 4 rings (SSSR count). The number of rotatable bonds is 7. The van der Waals surface area contributed by atoms with E-state index in [1.807, 2.05) is 45.9 Å². The number of methoxy groups -OCH3 is 1. The normalized spacial score (nSPS) is 21.4. The van der Waals surface area contributed by atoms with Gasteiger partial charge in [0.15, 0.2) is 5.69 Å². The number of hydrogen-bond acceptors (Lipinski definition) is 4. The molecule has 0 spiro atoms. The van der Waals surface area contributed by atoms with Crippen molar-refractivity contribution in [1.29, 1.82) is 0 Å². The SMILES string of the molecule is COc1cccc([C@@H]2[C@H](N[S@](=O)C(C)(C)C)CCN2C(=O)Cn2nc(C3CC3)c(Br)c2C(F)(F)F)c1C. The molecule has 2 aliphatic rings. The van der Waals surface area contributed by atoms with Gasteiger partial charge < -0.3 is 9.64 Å². The number of amides is 1. The molecule has 1 aliphatic heterocycles. The van der Waals surface area contributed by atoms with Crippen LogP contribution in [0, 0.1) is 6.92 Å². The molecule has 1 amide bonds. The van der Waals surface area contributed by atoms with Gasteiger partial charge in [0.2, 0.25) is 5.91 Å². The van der Waals surface area contributed by atoms with Crippen molar-refractivity contribution >= 4 is 32.8 Å². The molecule has 1 N–H and O–H groups in total. The molecule has 7 nitrogen and oxygen atoms in total. The summed E-state index contributed by atoms with van der Waals surface area (Å²) < 4.78 is 63.7. The first-order valence-electron chi connectivity index (χ1n) is 12.2. The van der Waals surface area contributed by atoms with Gasteiger partial charge in [-0.1, -0.05) is 12.1 Å². The number of carbonyl (C=O) groups is 1. The number of nitrogens with zero attached hydrogens (tertiary/aromatic N) is 3. The minimum Gasteiger partial charge on any atom is -0.496 e. The molecule has 2 heterocycles. The van der Waals surface area contributed by atoms with E-state index < -0.39 is 46.1 Å². The Morgan fingerprint density at radius 3 is 2.49 bits per heavy atom. The highest BCUT2D eigenvalue weighted by atomic mass is 79.9. The predicted molar refractivity (Wildman–Crippen MR) is 139 cm³/mol. The number of carbonyl (C=O) groups excluding carboxylic acids is 1. The van der Waals surface area contributed by atoms with Gasteiger partial charge in [0.25, 0.3) is 0 Å². The maximum atomic E-state index is 14.0. The van der Waals surface area contributed by atoms with Gasteiger partial charge in [0, 0.05) is 18.5 Å². The molecule has 1 saturated heterocycles. The Bertz CT molecular complexity index is 1210. The monoisotopic (exact) mass is 604 g/mol. The van der Waals surface area contributed by atoms with Gasteiger partial charge in [-0.05, 0) is 80.1 Å². The lowest BCUT2D eigenvalue weighted by Gasteiger charge is -2.32. The quantitative estimate of drug-likeness (QED) is 0.468. The smallest absolute Gasteiger partial charge is 0.434 e. The van der Waals surface area contributed by atoms with Crippen LogP contribution >= 0.6 is 15.9 Å².